The lowest BCUT2D eigenvalue weighted by atomic mass is 10.2. The minimum atomic E-state index is -4.90. The second kappa shape index (κ2) is 10.6. The third-order valence-corrected chi connectivity index (χ3v) is 2.80. The number of amides is 3. The smallest absolute Gasteiger partial charge is 0.348 e. The number of hydrogen-bond acceptors (Lipinski definition) is 5. The number of carbonyl (C=O) groups excluding carboxylic acids is 4. The van der Waals surface area contributed by atoms with Crippen LogP contribution in [0.3, 0.4) is 0 Å². The Morgan fingerprint density at radius 2 is 1.62 bits per heavy atom. The summed E-state index contributed by atoms with van der Waals surface area (Å²) in [5.74, 6) is -3.91. The number of halogens is 3. The van der Waals surface area contributed by atoms with E-state index in [9.17, 15) is 32.3 Å². The fraction of sp³-hybridized carbons (Fsp3) is 0.714. The van der Waals surface area contributed by atoms with Crippen molar-refractivity contribution in [3.05, 3.63) is 0 Å². The third kappa shape index (κ3) is 7.93. The first-order chi connectivity index (χ1) is 11.2. The summed E-state index contributed by atoms with van der Waals surface area (Å²) in [4.78, 5) is 48.8. The Labute approximate surface area is 137 Å². The Morgan fingerprint density at radius 1 is 1.08 bits per heavy atom. The molecule has 10 heteroatoms. The zero-order valence-electron chi connectivity index (χ0n) is 13.6. The van der Waals surface area contributed by atoms with Crippen LogP contribution in [0.25, 0.3) is 0 Å². The Morgan fingerprint density at radius 3 is 2.12 bits per heavy atom. The zero-order chi connectivity index (χ0) is 18.8. The van der Waals surface area contributed by atoms with Gasteiger partial charge in [-0.15, -0.1) is 5.06 Å². The van der Waals surface area contributed by atoms with Crippen LogP contribution in [-0.4, -0.2) is 41.5 Å². The van der Waals surface area contributed by atoms with Crippen molar-refractivity contribution in [1.29, 1.82) is 0 Å². The van der Waals surface area contributed by atoms with Crippen LogP contribution in [0, 0.1) is 0 Å². The lowest BCUT2D eigenvalue weighted by Crippen LogP contribution is -2.37. The van der Waals surface area contributed by atoms with Crippen LogP contribution < -0.4 is 5.32 Å². The van der Waals surface area contributed by atoms with E-state index in [1.54, 1.807) is 5.32 Å². The second-order valence-electron chi connectivity index (χ2n) is 4.61. The molecule has 0 spiro atoms. The van der Waals surface area contributed by atoms with Gasteiger partial charge in [-0.2, -0.15) is 13.2 Å². The number of unbranched alkanes of at least 4 members (excludes halogenated alkanes) is 2. The molecule has 0 saturated carbocycles. The fourth-order valence-corrected chi connectivity index (χ4v) is 1.68. The van der Waals surface area contributed by atoms with E-state index in [0.717, 1.165) is 0 Å². The summed E-state index contributed by atoms with van der Waals surface area (Å²) < 4.78 is 35.6. The number of carbonyl (C=O) groups is 4. The molecule has 3 amide bonds. The predicted octanol–water partition coefficient (Wildman–Crippen LogP) is 1.86. The van der Waals surface area contributed by atoms with Crippen LogP contribution in [0.5, 0.6) is 0 Å². The van der Waals surface area contributed by atoms with Gasteiger partial charge in [0.1, 0.15) is 0 Å². The number of nitrogens with zero attached hydrogens (tertiary/aromatic N) is 1. The maximum atomic E-state index is 11.9. The van der Waals surface area contributed by atoms with Crippen molar-refractivity contribution in [3.8, 4) is 0 Å². The quantitative estimate of drug-likeness (QED) is 0.556. The van der Waals surface area contributed by atoms with Gasteiger partial charge in [-0.1, -0.05) is 20.3 Å². The van der Waals surface area contributed by atoms with E-state index < -0.39 is 29.9 Å². The average molecular weight is 354 g/mol. The summed E-state index contributed by atoms with van der Waals surface area (Å²) in [5.41, 5.74) is 0. The van der Waals surface area contributed by atoms with Crippen molar-refractivity contribution in [1.82, 2.24) is 10.4 Å². The maximum Gasteiger partial charge on any atom is 0.471 e. The van der Waals surface area contributed by atoms with Crippen LogP contribution in [0.4, 0.5) is 13.2 Å². The SMILES string of the molecule is CC.O=C(CCCCCNC(=O)C(F)(F)F)ON1C(=O)CCC1=O. The number of rotatable bonds is 7. The molecule has 0 atom stereocenters. The number of alkyl halides is 3. The Balaban J connectivity index is 0.00000254. The highest BCUT2D eigenvalue weighted by molar-refractivity contribution is 6.01. The molecule has 1 rings (SSSR count). The van der Waals surface area contributed by atoms with E-state index in [0.29, 0.717) is 17.9 Å². The molecule has 1 aliphatic rings. The minimum absolute atomic E-state index is 0.00498. The summed E-state index contributed by atoms with van der Waals surface area (Å²) in [6.07, 6.45) is -4.03. The van der Waals surface area contributed by atoms with Crippen molar-refractivity contribution in [3.63, 3.8) is 0 Å². The van der Waals surface area contributed by atoms with Gasteiger partial charge in [0.2, 0.25) is 0 Å². The maximum absolute atomic E-state index is 11.9. The van der Waals surface area contributed by atoms with Gasteiger partial charge < -0.3 is 10.2 Å². The Bertz CT molecular complexity index is 450. The Hall–Kier alpha value is -2.13. The molecular formula is C14H21F3N2O5. The highest BCUT2D eigenvalue weighted by Crippen LogP contribution is 2.15. The number of imide groups is 1. The van der Waals surface area contributed by atoms with Crippen molar-refractivity contribution in [2.45, 2.75) is 58.5 Å². The normalized spacial score (nSPS) is 14.1. The van der Waals surface area contributed by atoms with Gasteiger partial charge in [-0.05, 0) is 12.8 Å². The fourth-order valence-electron chi connectivity index (χ4n) is 1.68. The van der Waals surface area contributed by atoms with Gasteiger partial charge in [0.25, 0.3) is 11.8 Å². The highest BCUT2D eigenvalue weighted by Gasteiger charge is 2.38. The molecule has 0 bridgehead atoms. The minimum Gasteiger partial charge on any atom is -0.348 e. The summed E-state index contributed by atoms with van der Waals surface area (Å²) in [5, 5.41) is 2.14. The first kappa shape index (κ1) is 21.9. The first-order valence-electron chi connectivity index (χ1n) is 7.63. The largest absolute Gasteiger partial charge is 0.471 e. The lowest BCUT2D eigenvalue weighted by Gasteiger charge is -2.12. The summed E-state index contributed by atoms with van der Waals surface area (Å²) in [7, 11) is 0. The standard InChI is InChI=1S/C12H15F3N2O5.C2H6/c13-12(14,15)11(21)16-7-3-1-2-4-10(20)22-17-8(18)5-6-9(17)19;1-2/h1-7H2,(H,16,21);1-2H3. The molecule has 1 aliphatic heterocycles. The molecule has 24 heavy (non-hydrogen) atoms. The molecule has 0 radical (unpaired) electrons. The van der Waals surface area contributed by atoms with Crippen molar-refractivity contribution >= 4 is 23.7 Å². The predicted molar refractivity (Wildman–Crippen MR) is 76.1 cm³/mol. The van der Waals surface area contributed by atoms with Crippen LogP contribution in [0.1, 0.15) is 52.4 Å². The molecule has 0 aromatic carbocycles. The van der Waals surface area contributed by atoms with Crippen LogP contribution >= 0.6 is 0 Å². The van der Waals surface area contributed by atoms with Crippen LogP contribution in [0.15, 0.2) is 0 Å². The molecule has 7 nitrogen and oxygen atoms in total. The number of hydrogen-bond donors (Lipinski definition) is 1. The molecule has 0 unspecified atom stereocenters. The summed E-state index contributed by atoms with van der Waals surface area (Å²) in [6, 6.07) is 0. The van der Waals surface area contributed by atoms with Gasteiger partial charge in [0, 0.05) is 25.8 Å². The van der Waals surface area contributed by atoms with E-state index in [1.807, 2.05) is 13.8 Å². The average Bonchev–Trinajstić information content (AvgIpc) is 2.83. The molecule has 0 aliphatic carbocycles. The third-order valence-electron chi connectivity index (χ3n) is 2.80. The van der Waals surface area contributed by atoms with E-state index in [2.05, 4.69) is 4.84 Å². The first-order valence-corrected chi connectivity index (χ1v) is 7.63. The van der Waals surface area contributed by atoms with Gasteiger partial charge in [-0.25, -0.2) is 4.79 Å². The van der Waals surface area contributed by atoms with E-state index in [-0.39, 0.29) is 32.2 Å². The van der Waals surface area contributed by atoms with Gasteiger partial charge >= 0.3 is 18.1 Å². The van der Waals surface area contributed by atoms with Crippen molar-refractivity contribution in [2.24, 2.45) is 0 Å². The molecule has 1 saturated heterocycles. The number of hydroxylamine groups is 2. The number of nitrogens with one attached hydrogen (secondary N) is 1. The van der Waals surface area contributed by atoms with Gasteiger partial charge in [0.15, 0.2) is 0 Å². The molecule has 0 aromatic rings. The molecule has 1 fully saturated rings. The van der Waals surface area contributed by atoms with Gasteiger partial charge in [-0.3, -0.25) is 14.4 Å². The zero-order valence-corrected chi connectivity index (χ0v) is 13.6. The molecule has 1 heterocycles. The molecule has 1 N–H and O–H groups in total. The Kier molecular flexibility index (Phi) is 9.67. The molecule has 138 valence electrons. The monoisotopic (exact) mass is 354 g/mol. The van der Waals surface area contributed by atoms with E-state index in [1.165, 1.54) is 0 Å². The van der Waals surface area contributed by atoms with Crippen molar-refractivity contribution in [2.75, 3.05) is 6.54 Å². The molecule has 0 aromatic heterocycles. The second-order valence-corrected chi connectivity index (χ2v) is 4.61. The molecular weight excluding hydrogens is 333 g/mol. The summed E-state index contributed by atoms with van der Waals surface area (Å²) in [6.45, 7) is 3.84. The van der Waals surface area contributed by atoms with E-state index in [4.69, 9.17) is 0 Å². The highest BCUT2D eigenvalue weighted by atomic mass is 19.4. The van der Waals surface area contributed by atoms with Gasteiger partial charge in [0.05, 0.1) is 0 Å². The topological polar surface area (TPSA) is 92.8 Å². The van der Waals surface area contributed by atoms with Crippen LogP contribution in [-0.2, 0) is 24.0 Å². The van der Waals surface area contributed by atoms with Crippen molar-refractivity contribution < 1.29 is 37.2 Å². The summed E-state index contributed by atoms with van der Waals surface area (Å²) >= 11 is 0. The lowest BCUT2D eigenvalue weighted by molar-refractivity contribution is -0.197. The van der Waals surface area contributed by atoms with Crippen LogP contribution in [0.2, 0.25) is 0 Å². The van der Waals surface area contributed by atoms with E-state index >= 15 is 0 Å².